The van der Waals surface area contributed by atoms with Gasteiger partial charge in [-0.3, -0.25) is 4.79 Å². The molecule has 2 heterocycles. The maximum atomic E-state index is 11.5. The summed E-state index contributed by atoms with van der Waals surface area (Å²) >= 11 is 0. The Balaban J connectivity index is 2.43. The molecule has 6 heteroatoms. The van der Waals surface area contributed by atoms with Crippen LogP contribution in [0.5, 0.6) is 0 Å². The number of rotatable bonds is 1. The van der Waals surface area contributed by atoms with Crippen LogP contribution in [0.15, 0.2) is 0 Å². The highest BCUT2D eigenvalue weighted by Gasteiger charge is 2.60. The minimum Gasteiger partial charge on any atom is -0.376 e. The number of ether oxygens (including phenoxy) is 1. The van der Waals surface area contributed by atoms with Crippen molar-refractivity contribution in [2.75, 3.05) is 25.5 Å². The first-order valence-electron chi connectivity index (χ1n) is 4.14. The van der Waals surface area contributed by atoms with Gasteiger partial charge in [-0.2, -0.15) is 4.31 Å². The lowest BCUT2D eigenvalue weighted by molar-refractivity contribution is -0.150. The van der Waals surface area contributed by atoms with Crippen molar-refractivity contribution in [1.29, 1.82) is 0 Å². The maximum Gasteiger partial charge on any atom is 0.222 e. The van der Waals surface area contributed by atoms with Crippen molar-refractivity contribution in [3.8, 4) is 0 Å². The standard InChI is InChI=1S/C7H11NO4S/c1-2-8-7(4-12-5-7)6(9)3-13(8,10)11/h2-5H2,1H3. The zero-order chi connectivity index (χ0) is 9.69. The second kappa shape index (κ2) is 2.52. The van der Waals surface area contributed by atoms with Crippen LogP contribution in [-0.4, -0.2) is 49.6 Å². The van der Waals surface area contributed by atoms with Crippen LogP contribution in [0.4, 0.5) is 0 Å². The molecule has 0 radical (unpaired) electrons. The van der Waals surface area contributed by atoms with Gasteiger partial charge < -0.3 is 4.74 Å². The predicted molar refractivity (Wildman–Crippen MR) is 44.7 cm³/mol. The molecule has 2 rings (SSSR count). The molecule has 0 aromatic carbocycles. The Kier molecular flexibility index (Phi) is 1.77. The Morgan fingerprint density at radius 2 is 2.15 bits per heavy atom. The number of ketones is 1. The van der Waals surface area contributed by atoms with Gasteiger partial charge in [0.15, 0.2) is 5.78 Å². The molecular weight excluding hydrogens is 194 g/mol. The van der Waals surface area contributed by atoms with Crippen molar-refractivity contribution < 1.29 is 17.9 Å². The van der Waals surface area contributed by atoms with Gasteiger partial charge in [0.25, 0.3) is 0 Å². The molecule has 0 amide bonds. The second-order valence-corrected chi connectivity index (χ2v) is 5.26. The van der Waals surface area contributed by atoms with E-state index in [2.05, 4.69) is 0 Å². The van der Waals surface area contributed by atoms with Crippen molar-refractivity contribution >= 4 is 15.8 Å². The largest absolute Gasteiger partial charge is 0.376 e. The highest BCUT2D eigenvalue weighted by molar-refractivity contribution is 7.90. The number of hydrogen-bond donors (Lipinski definition) is 0. The van der Waals surface area contributed by atoms with Gasteiger partial charge in [0, 0.05) is 6.54 Å². The molecule has 0 aromatic heterocycles. The minimum absolute atomic E-state index is 0.221. The molecule has 2 aliphatic rings. The average molecular weight is 205 g/mol. The topological polar surface area (TPSA) is 63.7 Å². The van der Waals surface area contributed by atoms with Gasteiger partial charge in [-0.15, -0.1) is 0 Å². The zero-order valence-corrected chi connectivity index (χ0v) is 8.13. The molecule has 2 aliphatic heterocycles. The molecule has 1 spiro atoms. The molecule has 0 saturated carbocycles. The minimum atomic E-state index is -3.35. The number of hydrogen-bond acceptors (Lipinski definition) is 4. The molecule has 0 unspecified atom stereocenters. The quantitative estimate of drug-likeness (QED) is 0.550. The summed E-state index contributed by atoms with van der Waals surface area (Å²) < 4.78 is 29.1. The molecule has 0 atom stereocenters. The van der Waals surface area contributed by atoms with Gasteiger partial charge in [0.05, 0.1) is 13.2 Å². The first-order valence-corrected chi connectivity index (χ1v) is 5.75. The maximum absolute atomic E-state index is 11.5. The van der Waals surface area contributed by atoms with Crippen LogP contribution in [0.3, 0.4) is 0 Å². The summed E-state index contributed by atoms with van der Waals surface area (Å²) in [4.78, 5) is 11.5. The van der Waals surface area contributed by atoms with Gasteiger partial charge in [-0.25, -0.2) is 8.42 Å². The molecule has 5 nitrogen and oxygen atoms in total. The van der Waals surface area contributed by atoms with Crippen LogP contribution in [0.25, 0.3) is 0 Å². The summed E-state index contributed by atoms with van der Waals surface area (Å²) in [5.41, 5.74) is -0.840. The fourth-order valence-electron chi connectivity index (χ4n) is 1.88. The lowest BCUT2D eigenvalue weighted by Crippen LogP contribution is -2.63. The molecule has 0 bridgehead atoms. The van der Waals surface area contributed by atoms with Gasteiger partial charge in [-0.1, -0.05) is 6.92 Å². The van der Waals surface area contributed by atoms with Crippen molar-refractivity contribution in [3.05, 3.63) is 0 Å². The summed E-state index contributed by atoms with van der Waals surface area (Å²) in [6.45, 7) is 2.52. The third-order valence-corrected chi connectivity index (χ3v) is 4.52. The van der Waals surface area contributed by atoms with Gasteiger partial charge in [0.1, 0.15) is 11.3 Å². The molecule has 0 aliphatic carbocycles. The smallest absolute Gasteiger partial charge is 0.222 e. The monoisotopic (exact) mass is 205 g/mol. The first kappa shape index (κ1) is 9.11. The van der Waals surface area contributed by atoms with Crippen molar-refractivity contribution in [2.24, 2.45) is 0 Å². The van der Waals surface area contributed by atoms with Crippen LogP contribution < -0.4 is 0 Å². The van der Waals surface area contributed by atoms with Gasteiger partial charge >= 0.3 is 0 Å². The van der Waals surface area contributed by atoms with Crippen LogP contribution >= 0.6 is 0 Å². The number of carbonyl (C=O) groups excluding carboxylic acids is 1. The molecule has 2 saturated heterocycles. The van der Waals surface area contributed by atoms with E-state index in [9.17, 15) is 13.2 Å². The summed E-state index contributed by atoms with van der Waals surface area (Å²) in [6.07, 6.45) is 0. The molecular formula is C7H11NO4S. The Morgan fingerprint density at radius 3 is 2.46 bits per heavy atom. The number of nitrogens with zero attached hydrogens (tertiary/aromatic N) is 1. The number of likely N-dealkylation sites (N-methyl/N-ethyl adjacent to an activating group) is 1. The van der Waals surface area contributed by atoms with Gasteiger partial charge in [0.2, 0.25) is 10.0 Å². The van der Waals surface area contributed by atoms with E-state index in [4.69, 9.17) is 4.74 Å². The number of carbonyl (C=O) groups is 1. The second-order valence-electron chi connectivity index (χ2n) is 3.37. The zero-order valence-electron chi connectivity index (χ0n) is 7.32. The highest BCUT2D eigenvalue weighted by atomic mass is 32.2. The Bertz CT molecular complexity index is 344. The van der Waals surface area contributed by atoms with Gasteiger partial charge in [-0.05, 0) is 0 Å². The van der Waals surface area contributed by atoms with Crippen LogP contribution in [0.2, 0.25) is 0 Å². The molecule has 0 aromatic rings. The van der Waals surface area contributed by atoms with E-state index in [-0.39, 0.29) is 24.7 Å². The van der Waals surface area contributed by atoms with E-state index in [1.165, 1.54) is 4.31 Å². The van der Waals surface area contributed by atoms with Crippen LogP contribution in [0, 0.1) is 0 Å². The molecule has 74 valence electrons. The molecule has 0 N–H and O–H groups in total. The summed E-state index contributed by atoms with van der Waals surface area (Å²) in [7, 11) is -3.35. The summed E-state index contributed by atoms with van der Waals surface area (Å²) in [5, 5.41) is 0. The van der Waals surface area contributed by atoms with Crippen LogP contribution in [0.1, 0.15) is 6.92 Å². The van der Waals surface area contributed by atoms with Crippen molar-refractivity contribution in [3.63, 3.8) is 0 Å². The van der Waals surface area contributed by atoms with E-state index in [0.717, 1.165) is 0 Å². The van der Waals surface area contributed by atoms with E-state index in [0.29, 0.717) is 6.54 Å². The SMILES string of the molecule is CCN1C2(COC2)C(=O)CS1(=O)=O. The Hall–Kier alpha value is -0.460. The lowest BCUT2D eigenvalue weighted by Gasteiger charge is -2.41. The van der Waals surface area contributed by atoms with E-state index < -0.39 is 15.6 Å². The fraction of sp³-hybridized carbons (Fsp3) is 0.857. The lowest BCUT2D eigenvalue weighted by atomic mass is 9.93. The summed E-state index contributed by atoms with van der Waals surface area (Å²) in [6, 6.07) is 0. The number of sulfonamides is 1. The predicted octanol–water partition coefficient (Wildman–Crippen LogP) is -1.01. The Labute approximate surface area is 76.7 Å². The fourth-order valence-corrected chi connectivity index (χ4v) is 3.77. The van der Waals surface area contributed by atoms with Crippen molar-refractivity contribution in [2.45, 2.75) is 12.5 Å². The van der Waals surface area contributed by atoms with E-state index >= 15 is 0 Å². The third kappa shape index (κ3) is 0.992. The summed E-state index contributed by atoms with van der Waals surface area (Å²) in [5.74, 6) is -0.579. The molecule has 2 fully saturated rings. The number of Topliss-reactive ketones (excluding diaryl/α,β-unsaturated/α-hetero) is 1. The van der Waals surface area contributed by atoms with E-state index in [1.54, 1.807) is 6.92 Å². The third-order valence-electron chi connectivity index (χ3n) is 2.61. The highest BCUT2D eigenvalue weighted by Crippen LogP contribution is 2.34. The first-order chi connectivity index (χ1) is 6.03. The normalized spacial score (nSPS) is 30.7. The Morgan fingerprint density at radius 1 is 1.54 bits per heavy atom. The average Bonchev–Trinajstić information content (AvgIpc) is 2.13. The van der Waals surface area contributed by atoms with Crippen molar-refractivity contribution in [1.82, 2.24) is 4.31 Å². The van der Waals surface area contributed by atoms with Crippen LogP contribution in [-0.2, 0) is 19.6 Å². The van der Waals surface area contributed by atoms with E-state index in [1.807, 2.05) is 0 Å². The molecule has 13 heavy (non-hydrogen) atoms.